The van der Waals surface area contributed by atoms with Gasteiger partial charge in [0.25, 0.3) is 0 Å². The van der Waals surface area contributed by atoms with E-state index in [0.29, 0.717) is 0 Å². The second-order valence-electron chi connectivity index (χ2n) is 4.44. The molecule has 1 aromatic carbocycles. The first-order chi connectivity index (χ1) is 7.92. The smallest absolute Gasteiger partial charge is 0.0208 e. The molecular formula is C14H22N2. The van der Waals surface area contributed by atoms with Crippen LogP contribution in [-0.2, 0) is 19.4 Å². The Bertz CT molecular complexity index is 334. The van der Waals surface area contributed by atoms with E-state index in [0.717, 1.165) is 26.2 Å². The first kappa shape index (κ1) is 11.6. The van der Waals surface area contributed by atoms with Gasteiger partial charge in [0.1, 0.15) is 0 Å². The van der Waals surface area contributed by atoms with E-state index >= 15 is 0 Å². The molecule has 0 fully saturated rings. The van der Waals surface area contributed by atoms with Gasteiger partial charge in [0, 0.05) is 6.54 Å². The van der Waals surface area contributed by atoms with Gasteiger partial charge in [-0.25, -0.2) is 0 Å². The van der Waals surface area contributed by atoms with Gasteiger partial charge in [-0.05, 0) is 55.6 Å². The molecule has 2 rings (SSSR count). The quantitative estimate of drug-likeness (QED) is 0.737. The highest BCUT2D eigenvalue weighted by Crippen LogP contribution is 2.19. The second-order valence-corrected chi connectivity index (χ2v) is 4.44. The van der Waals surface area contributed by atoms with Crippen LogP contribution in [0.4, 0.5) is 0 Å². The summed E-state index contributed by atoms with van der Waals surface area (Å²) < 4.78 is 0. The van der Waals surface area contributed by atoms with Gasteiger partial charge in [-0.3, -0.25) is 0 Å². The van der Waals surface area contributed by atoms with E-state index in [2.05, 4.69) is 35.8 Å². The molecule has 1 aromatic rings. The number of aryl methyl sites for hydroxylation is 1. The molecular weight excluding hydrogens is 196 g/mol. The third-order valence-corrected chi connectivity index (χ3v) is 3.29. The van der Waals surface area contributed by atoms with Gasteiger partial charge in [-0.2, -0.15) is 0 Å². The molecule has 0 atom stereocenters. The minimum absolute atomic E-state index is 1.05. The van der Waals surface area contributed by atoms with Crippen LogP contribution in [0.3, 0.4) is 0 Å². The monoisotopic (exact) mass is 218 g/mol. The maximum atomic E-state index is 3.43. The van der Waals surface area contributed by atoms with Crippen molar-refractivity contribution in [1.82, 2.24) is 10.6 Å². The summed E-state index contributed by atoms with van der Waals surface area (Å²) >= 11 is 0. The zero-order valence-electron chi connectivity index (χ0n) is 10.2. The Morgan fingerprint density at radius 3 is 3.19 bits per heavy atom. The Labute approximate surface area is 98.4 Å². The zero-order chi connectivity index (χ0) is 11.2. The maximum absolute atomic E-state index is 3.43. The number of hydrogen-bond donors (Lipinski definition) is 2. The Hall–Kier alpha value is -0.860. The lowest BCUT2D eigenvalue weighted by atomic mass is 9.93. The summed E-state index contributed by atoms with van der Waals surface area (Å²) in [6.45, 7) is 6.57. The van der Waals surface area contributed by atoms with E-state index in [4.69, 9.17) is 0 Å². The van der Waals surface area contributed by atoms with E-state index in [1.54, 1.807) is 11.1 Å². The summed E-state index contributed by atoms with van der Waals surface area (Å²) in [6, 6.07) is 6.76. The summed E-state index contributed by atoms with van der Waals surface area (Å²) in [6.07, 6.45) is 3.67. The molecule has 0 radical (unpaired) electrons. The topological polar surface area (TPSA) is 24.1 Å². The molecule has 88 valence electrons. The third-order valence-electron chi connectivity index (χ3n) is 3.29. The molecule has 2 heteroatoms. The van der Waals surface area contributed by atoms with E-state index in [-0.39, 0.29) is 0 Å². The van der Waals surface area contributed by atoms with E-state index in [1.807, 2.05) is 0 Å². The Kier molecular flexibility index (Phi) is 4.37. The average Bonchev–Trinajstić information content (AvgIpc) is 2.35. The van der Waals surface area contributed by atoms with E-state index in [9.17, 15) is 0 Å². The van der Waals surface area contributed by atoms with Gasteiger partial charge in [-0.15, -0.1) is 0 Å². The maximum Gasteiger partial charge on any atom is 0.0208 e. The number of fused-ring (bicyclic) bond motifs is 1. The fourth-order valence-corrected chi connectivity index (χ4v) is 2.43. The summed E-state index contributed by atoms with van der Waals surface area (Å²) in [5.74, 6) is 0. The molecule has 1 aliphatic heterocycles. The van der Waals surface area contributed by atoms with Gasteiger partial charge < -0.3 is 10.6 Å². The Morgan fingerprint density at radius 2 is 2.31 bits per heavy atom. The van der Waals surface area contributed by atoms with Crippen molar-refractivity contribution < 1.29 is 0 Å². The van der Waals surface area contributed by atoms with Crippen LogP contribution in [0.2, 0.25) is 0 Å². The normalized spacial score (nSPS) is 14.8. The number of hydrogen-bond acceptors (Lipinski definition) is 2. The zero-order valence-corrected chi connectivity index (χ0v) is 10.2. The molecule has 0 saturated heterocycles. The summed E-state index contributed by atoms with van der Waals surface area (Å²) in [7, 11) is 0. The highest BCUT2D eigenvalue weighted by Gasteiger charge is 2.11. The van der Waals surface area contributed by atoms with Crippen LogP contribution in [0.1, 0.15) is 30.0 Å². The van der Waals surface area contributed by atoms with Crippen LogP contribution in [0.15, 0.2) is 18.2 Å². The van der Waals surface area contributed by atoms with E-state index < -0.39 is 0 Å². The second kappa shape index (κ2) is 6.02. The molecule has 0 aromatic heterocycles. The molecule has 1 heterocycles. The van der Waals surface area contributed by atoms with Crippen molar-refractivity contribution in [3.05, 3.63) is 34.9 Å². The number of nitrogens with one attached hydrogen (secondary N) is 2. The SMILES string of the molecule is CCNCCCc1cccc2c1CCNC2. The van der Waals surface area contributed by atoms with Crippen molar-refractivity contribution in [2.75, 3.05) is 19.6 Å². The molecule has 1 aliphatic rings. The highest BCUT2D eigenvalue weighted by atomic mass is 14.9. The third kappa shape index (κ3) is 2.83. The minimum Gasteiger partial charge on any atom is -0.317 e. The van der Waals surface area contributed by atoms with Crippen molar-refractivity contribution in [3.8, 4) is 0 Å². The first-order valence-electron chi connectivity index (χ1n) is 6.43. The van der Waals surface area contributed by atoms with E-state index in [1.165, 1.54) is 24.8 Å². The van der Waals surface area contributed by atoms with Crippen LogP contribution in [-0.4, -0.2) is 19.6 Å². The number of benzene rings is 1. The lowest BCUT2D eigenvalue weighted by Gasteiger charge is -2.20. The molecule has 0 unspecified atom stereocenters. The predicted molar refractivity (Wildman–Crippen MR) is 68.7 cm³/mol. The van der Waals surface area contributed by atoms with Crippen molar-refractivity contribution in [1.29, 1.82) is 0 Å². The van der Waals surface area contributed by atoms with Crippen molar-refractivity contribution in [2.24, 2.45) is 0 Å². The summed E-state index contributed by atoms with van der Waals surface area (Å²) in [5.41, 5.74) is 4.68. The molecule has 16 heavy (non-hydrogen) atoms. The first-order valence-corrected chi connectivity index (χ1v) is 6.43. The molecule has 2 N–H and O–H groups in total. The van der Waals surface area contributed by atoms with Crippen LogP contribution >= 0.6 is 0 Å². The molecule has 2 nitrogen and oxygen atoms in total. The van der Waals surface area contributed by atoms with Crippen LogP contribution in [0, 0.1) is 0 Å². The largest absolute Gasteiger partial charge is 0.317 e. The fourth-order valence-electron chi connectivity index (χ4n) is 2.43. The molecule has 0 spiro atoms. The molecule has 0 saturated carbocycles. The lowest BCUT2D eigenvalue weighted by molar-refractivity contribution is 0.630. The van der Waals surface area contributed by atoms with Gasteiger partial charge in [0.2, 0.25) is 0 Å². The predicted octanol–water partition coefficient (Wildman–Crippen LogP) is 1.87. The van der Waals surface area contributed by atoms with Gasteiger partial charge >= 0.3 is 0 Å². The molecule has 0 amide bonds. The Balaban J connectivity index is 1.97. The van der Waals surface area contributed by atoms with Crippen LogP contribution < -0.4 is 10.6 Å². The van der Waals surface area contributed by atoms with Crippen LogP contribution in [0.5, 0.6) is 0 Å². The van der Waals surface area contributed by atoms with Crippen molar-refractivity contribution in [2.45, 2.75) is 32.7 Å². The van der Waals surface area contributed by atoms with Crippen molar-refractivity contribution >= 4 is 0 Å². The minimum atomic E-state index is 1.05. The summed E-state index contributed by atoms with van der Waals surface area (Å²) in [5, 5.41) is 6.82. The number of rotatable bonds is 5. The summed E-state index contributed by atoms with van der Waals surface area (Å²) in [4.78, 5) is 0. The molecule has 0 aliphatic carbocycles. The Morgan fingerprint density at radius 1 is 1.38 bits per heavy atom. The van der Waals surface area contributed by atoms with Gasteiger partial charge in [0.15, 0.2) is 0 Å². The van der Waals surface area contributed by atoms with Crippen molar-refractivity contribution in [3.63, 3.8) is 0 Å². The molecule has 0 bridgehead atoms. The average molecular weight is 218 g/mol. The van der Waals surface area contributed by atoms with Gasteiger partial charge in [0.05, 0.1) is 0 Å². The van der Waals surface area contributed by atoms with Gasteiger partial charge in [-0.1, -0.05) is 25.1 Å². The highest BCUT2D eigenvalue weighted by molar-refractivity contribution is 5.37. The lowest BCUT2D eigenvalue weighted by Crippen LogP contribution is -2.24. The standard InChI is InChI=1S/C14H22N2/c1-2-15-9-4-7-12-5-3-6-13-11-16-10-8-14(12)13/h3,5-6,15-16H,2,4,7-11H2,1H3. The van der Waals surface area contributed by atoms with Crippen LogP contribution in [0.25, 0.3) is 0 Å². The fraction of sp³-hybridized carbons (Fsp3) is 0.571.